The number of benzene rings is 1. The largest absolute Gasteiger partial charge is 0.391 e. The number of hydrogen-bond acceptors (Lipinski definition) is 3. The van der Waals surface area contributed by atoms with E-state index < -0.39 is 23.3 Å². The molecular formula is C15H20BrF2NO2. The van der Waals surface area contributed by atoms with Gasteiger partial charge in [0.2, 0.25) is 0 Å². The number of halogens is 3. The van der Waals surface area contributed by atoms with Crippen molar-refractivity contribution in [3.8, 4) is 0 Å². The van der Waals surface area contributed by atoms with Gasteiger partial charge in [-0.25, -0.2) is 8.78 Å². The molecule has 1 aliphatic heterocycles. The van der Waals surface area contributed by atoms with Gasteiger partial charge in [0.1, 0.15) is 11.6 Å². The van der Waals surface area contributed by atoms with Crippen molar-refractivity contribution in [2.24, 2.45) is 0 Å². The maximum absolute atomic E-state index is 14.0. The molecule has 0 aromatic heterocycles. The van der Waals surface area contributed by atoms with Gasteiger partial charge >= 0.3 is 0 Å². The van der Waals surface area contributed by atoms with E-state index in [4.69, 9.17) is 4.74 Å². The SMILES string of the molecule is CC(C)(C(O)Cc1c(F)ccc(Br)c1F)N1CCOCC1. The van der Waals surface area contributed by atoms with Crippen LogP contribution in [-0.2, 0) is 11.2 Å². The Morgan fingerprint density at radius 1 is 1.33 bits per heavy atom. The third-order valence-corrected chi connectivity index (χ3v) is 4.79. The molecule has 21 heavy (non-hydrogen) atoms. The lowest BCUT2D eigenvalue weighted by molar-refractivity contribution is -0.0615. The van der Waals surface area contributed by atoms with E-state index in [9.17, 15) is 13.9 Å². The monoisotopic (exact) mass is 363 g/mol. The van der Waals surface area contributed by atoms with Crippen LogP contribution in [0.5, 0.6) is 0 Å². The maximum atomic E-state index is 14.0. The summed E-state index contributed by atoms with van der Waals surface area (Å²) in [5, 5.41) is 10.5. The van der Waals surface area contributed by atoms with Gasteiger partial charge in [-0.05, 0) is 41.9 Å². The maximum Gasteiger partial charge on any atom is 0.143 e. The van der Waals surface area contributed by atoms with Crippen molar-refractivity contribution in [3.63, 3.8) is 0 Å². The zero-order chi connectivity index (χ0) is 15.6. The highest BCUT2D eigenvalue weighted by Crippen LogP contribution is 2.27. The highest BCUT2D eigenvalue weighted by atomic mass is 79.9. The van der Waals surface area contributed by atoms with Gasteiger partial charge < -0.3 is 9.84 Å². The van der Waals surface area contributed by atoms with Gasteiger partial charge in [0, 0.05) is 30.6 Å². The van der Waals surface area contributed by atoms with Crippen molar-refractivity contribution >= 4 is 15.9 Å². The van der Waals surface area contributed by atoms with Crippen LogP contribution in [-0.4, -0.2) is 48.0 Å². The average Bonchev–Trinajstić information content (AvgIpc) is 2.48. The minimum atomic E-state index is -0.881. The number of nitrogens with zero attached hydrogens (tertiary/aromatic N) is 1. The first-order chi connectivity index (χ1) is 9.84. The quantitative estimate of drug-likeness (QED) is 0.834. The Balaban J connectivity index is 2.17. The van der Waals surface area contributed by atoms with Crippen LogP contribution < -0.4 is 0 Å². The molecule has 1 aromatic carbocycles. The molecular weight excluding hydrogens is 344 g/mol. The summed E-state index contributed by atoms with van der Waals surface area (Å²) in [5.74, 6) is -1.28. The molecule has 1 aliphatic rings. The molecule has 1 unspecified atom stereocenters. The van der Waals surface area contributed by atoms with Crippen LogP contribution in [0.2, 0.25) is 0 Å². The molecule has 0 amide bonds. The molecule has 2 rings (SSSR count). The van der Waals surface area contributed by atoms with E-state index in [0.29, 0.717) is 26.3 Å². The number of aliphatic hydroxyl groups is 1. The van der Waals surface area contributed by atoms with Gasteiger partial charge in [-0.1, -0.05) is 0 Å². The molecule has 0 aliphatic carbocycles. The first-order valence-corrected chi connectivity index (χ1v) is 7.76. The number of morpholine rings is 1. The van der Waals surface area contributed by atoms with E-state index in [1.165, 1.54) is 12.1 Å². The molecule has 0 spiro atoms. The number of ether oxygens (including phenoxy) is 1. The number of hydrogen-bond donors (Lipinski definition) is 1. The Morgan fingerprint density at radius 2 is 1.95 bits per heavy atom. The van der Waals surface area contributed by atoms with Crippen molar-refractivity contribution in [1.29, 1.82) is 0 Å². The third-order valence-electron chi connectivity index (χ3n) is 4.18. The summed E-state index contributed by atoms with van der Waals surface area (Å²) >= 11 is 3.05. The summed E-state index contributed by atoms with van der Waals surface area (Å²) < 4.78 is 33.3. The van der Waals surface area contributed by atoms with Gasteiger partial charge in [0.05, 0.1) is 23.8 Å². The highest BCUT2D eigenvalue weighted by molar-refractivity contribution is 9.10. The van der Waals surface area contributed by atoms with Gasteiger partial charge in [-0.15, -0.1) is 0 Å². The predicted molar refractivity (Wildman–Crippen MR) is 80.2 cm³/mol. The summed E-state index contributed by atoms with van der Waals surface area (Å²) in [4.78, 5) is 2.09. The second-order valence-corrected chi connectivity index (χ2v) is 6.65. The Morgan fingerprint density at radius 3 is 2.57 bits per heavy atom. The first-order valence-electron chi connectivity index (χ1n) is 6.97. The topological polar surface area (TPSA) is 32.7 Å². The minimum Gasteiger partial charge on any atom is -0.391 e. The van der Waals surface area contributed by atoms with Gasteiger partial charge in [-0.2, -0.15) is 0 Å². The van der Waals surface area contributed by atoms with Crippen LogP contribution in [0.4, 0.5) is 8.78 Å². The summed E-state index contributed by atoms with van der Waals surface area (Å²) in [6, 6.07) is 2.53. The van der Waals surface area contributed by atoms with Gasteiger partial charge in [0.25, 0.3) is 0 Å². The van der Waals surface area contributed by atoms with Crippen LogP contribution in [0, 0.1) is 11.6 Å². The van der Waals surface area contributed by atoms with Crippen LogP contribution >= 0.6 is 15.9 Å². The van der Waals surface area contributed by atoms with Gasteiger partial charge in [-0.3, -0.25) is 4.90 Å². The highest BCUT2D eigenvalue weighted by Gasteiger charge is 2.36. The van der Waals surface area contributed by atoms with Crippen molar-refractivity contribution in [1.82, 2.24) is 4.90 Å². The van der Waals surface area contributed by atoms with E-state index in [-0.39, 0.29) is 16.5 Å². The van der Waals surface area contributed by atoms with Crippen LogP contribution in [0.3, 0.4) is 0 Å². The van der Waals surface area contributed by atoms with Crippen LogP contribution in [0.15, 0.2) is 16.6 Å². The molecule has 118 valence electrons. The molecule has 0 radical (unpaired) electrons. The number of rotatable bonds is 4. The van der Waals surface area contributed by atoms with E-state index >= 15 is 0 Å². The van der Waals surface area contributed by atoms with Crippen molar-refractivity contribution < 1.29 is 18.6 Å². The smallest absolute Gasteiger partial charge is 0.143 e. The molecule has 6 heteroatoms. The molecule has 0 bridgehead atoms. The fourth-order valence-corrected chi connectivity index (χ4v) is 2.92. The lowest BCUT2D eigenvalue weighted by Gasteiger charge is -2.43. The molecule has 1 saturated heterocycles. The average molecular weight is 364 g/mol. The van der Waals surface area contributed by atoms with E-state index in [0.717, 1.165) is 0 Å². The van der Waals surface area contributed by atoms with Gasteiger partial charge in [0.15, 0.2) is 0 Å². The molecule has 1 heterocycles. The summed E-state index contributed by atoms with van der Waals surface area (Å²) in [5.41, 5.74) is -0.663. The molecule has 1 N–H and O–H groups in total. The fourth-order valence-electron chi connectivity index (χ4n) is 2.55. The fraction of sp³-hybridized carbons (Fsp3) is 0.600. The first kappa shape index (κ1) is 16.8. The van der Waals surface area contributed by atoms with Crippen molar-refractivity contribution in [2.45, 2.75) is 31.9 Å². The zero-order valence-electron chi connectivity index (χ0n) is 12.2. The molecule has 0 saturated carbocycles. The number of aliphatic hydroxyl groups excluding tert-OH is 1. The summed E-state index contributed by atoms with van der Waals surface area (Å²) in [6.45, 7) is 6.39. The Labute approximate surface area is 132 Å². The Kier molecular flexibility index (Phi) is 5.35. The third kappa shape index (κ3) is 3.62. The van der Waals surface area contributed by atoms with Crippen molar-refractivity contribution in [3.05, 3.63) is 33.8 Å². The summed E-state index contributed by atoms with van der Waals surface area (Å²) in [7, 11) is 0. The van der Waals surface area contributed by atoms with Crippen LogP contribution in [0.1, 0.15) is 19.4 Å². The molecule has 1 fully saturated rings. The lowest BCUT2D eigenvalue weighted by atomic mass is 9.89. The standard InChI is InChI=1S/C15H20BrF2NO2/c1-15(2,19-5-7-21-8-6-19)13(20)9-10-12(17)4-3-11(16)14(10)18/h3-4,13,20H,5-9H2,1-2H3. The normalized spacial score (nSPS) is 18.8. The molecule has 1 aromatic rings. The van der Waals surface area contributed by atoms with E-state index in [1.807, 2.05) is 13.8 Å². The second kappa shape index (κ2) is 6.69. The summed E-state index contributed by atoms with van der Waals surface area (Å²) in [6.07, 6.45) is -0.949. The lowest BCUT2D eigenvalue weighted by Crippen LogP contribution is -2.56. The molecule has 3 nitrogen and oxygen atoms in total. The van der Waals surface area contributed by atoms with E-state index in [2.05, 4.69) is 20.8 Å². The van der Waals surface area contributed by atoms with Crippen molar-refractivity contribution in [2.75, 3.05) is 26.3 Å². The van der Waals surface area contributed by atoms with E-state index in [1.54, 1.807) is 0 Å². The minimum absolute atomic E-state index is 0.0680. The predicted octanol–water partition coefficient (Wildman–Crippen LogP) is 2.74. The zero-order valence-corrected chi connectivity index (χ0v) is 13.8. The molecule has 1 atom stereocenters. The van der Waals surface area contributed by atoms with Crippen LogP contribution in [0.25, 0.3) is 0 Å². The second-order valence-electron chi connectivity index (χ2n) is 5.79. The Bertz CT molecular complexity index is 505. The Hall–Kier alpha value is -0.560.